The number of aliphatic hydroxyl groups is 1. The summed E-state index contributed by atoms with van der Waals surface area (Å²) in [7, 11) is 0. The first kappa shape index (κ1) is 22.2. The normalized spacial score (nSPS) is 21.6. The highest BCUT2D eigenvalue weighted by molar-refractivity contribution is 5.66. The van der Waals surface area contributed by atoms with Crippen LogP contribution in [0.5, 0.6) is 5.75 Å². The molecule has 2 N–H and O–H groups in total. The van der Waals surface area contributed by atoms with Gasteiger partial charge >= 0.3 is 12.5 Å². The van der Waals surface area contributed by atoms with Gasteiger partial charge in [0.25, 0.3) is 0 Å². The third-order valence-corrected chi connectivity index (χ3v) is 4.73. The molecular formula is C18H24F4N2O4. The van der Waals surface area contributed by atoms with Gasteiger partial charge in [-0.05, 0) is 23.1 Å². The number of carbonyl (C=O) groups is 1. The Morgan fingerprint density at radius 1 is 1.25 bits per heavy atom. The standard InChI is InChI=1S/C18H24F4N2O4/c1-17(2,3)15-13(10-25)23(6-7-24(15)16(26)27)9-11-4-5-14(12(19)8-11)28-18(20,21)22/h4-5,8,13,15,25H,6-7,9-10H2,1-3H3,(H,26,27)/t13-,15?/m0/s1. The molecule has 0 aromatic heterocycles. The van der Waals surface area contributed by atoms with Gasteiger partial charge in [-0.2, -0.15) is 0 Å². The maximum Gasteiger partial charge on any atom is 0.573 e. The molecule has 0 bridgehead atoms. The summed E-state index contributed by atoms with van der Waals surface area (Å²) in [6.07, 6.45) is -6.07. The second-order valence-corrected chi connectivity index (χ2v) is 7.82. The fraction of sp³-hybridized carbons (Fsp3) is 0.611. The van der Waals surface area contributed by atoms with Gasteiger partial charge in [0.15, 0.2) is 11.6 Å². The average Bonchev–Trinajstić information content (AvgIpc) is 2.54. The van der Waals surface area contributed by atoms with Crippen molar-refractivity contribution in [2.45, 2.75) is 45.8 Å². The Balaban J connectivity index is 2.23. The van der Waals surface area contributed by atoms with Crippen LogP contribution in [-0.2, 0) is 6.54 Å². The van der Waals surface area contributed by atoms with Gasteiger partial charge in [0.2, 0.25) is 0 Å². The van der Waals surface area contributed by atoms with E-state index in [1.54, 1.807) is 0 Å². The minimum Gasteiger partial charge on any atom is -0.465 e. The molecular weight excluding hydrogens is 384 g/mol. The monoisotopic (exact) mass is 408 g/mol. The molecule has 158 valence electrons. The first-order valence-corrected chi connectivity index (χ1v) is 8.72. The van der Waals surface area contributed by atoms with Crippen molar-refractivity contribution in [3.8, 4) is 5.75 Å². The van der Waals surface area contributed by atoms with Crippen molar-refractivity contribution in [1.82, 2.24) is 9.80 Å². The Bertz CT molecular complexity index is 706. The van der Waals surface area contributed by atoms with E-state index in [1.807, 2.05) is 25.7 Å². The Kier molecular flexibility index (Phi) is 6.44. The lowest BCUT2D eigenvalue weighted by atomic mass is 9.79. The number of benzene rings is 1. The zero-order valence-corrected chi connectivity index (χ0v) is 15.8. The van der Waals surface area contributed by atoms with Gasteiger partial charge in [0, 0.05) is 19.6 Å². The van der Waals surface area contributed by atoms with E-state index in [0.29, 0.717) is 12.1 Å². The molecule has 1 aromatic rings. The quantitative estimate of drug-likeness (QED) is 0.748. The Labute approximate surface area is 160 Å². The first-order chi connectivity index (χ1) is 12.8. The van der Waals surface area contributed by atoms with E-state index in [1.165, 1.54) is 11.0 Å². The molecule has 28 heavy (non-hydrogen) atoms. The molecule has 0 radical (unpaired) electrons. The molecule has 1 aromatic carbocycles. The molecule has 6 nitrogen and oxygen atoms in total. The molecule has 1 heterocycles. The van der Waals surface area contributed by atoms with Gasteiger partial charge in [-0.15, -0.1) is 13.2 Å². The van der Waals surface area contributed by atoms with Crippen LogP contribution in [0.1, 0.15) is 26.3 Å². The zero-order valence-electron chi connectivity index (χ0n) is 15.8. The number of hydrogen-bond donors (Lipinski definition) is 2. The first-order valence-electron chi connectivity index (χ1n) is 8.72. The van der Waals surface area contributed by atoms with Crippen molar-refractivity contribution in [3.05, 3.63) is 29.6 Å². The minimum absolute atomic E-state index is 0.147. The van der Waals surface area contributed by atoms with Crippen molar-refractivity contribution < 1.29 is 37.3 Å². The zero-order chi connectivity index (χ0) is 21.3. The van der Waals surface area contributed by atoms with Crippen molar-refractivity contribution in [1.29, 1.82) is 0 Å². The van der Waals surface area contributed by atoms with Crippen LogP contribution in [0.15, 0.2) is 18.2 Å². The molecule has 0 aliphatic carbocycles. The van der Waals surface area contributed by atoms with Gasteiger partial charge in [-0.25, -0.2) is 9.18 Å². The van der Waals surface area contributed by atoms with E-state index in [-0.39, 0.29) is 19.7 Å². The average molecular weight is 408 g/mol. The number of halogens is 4. The van der Waals surface area contributed by atoms with Crippen molar-refractivity contribution >= 4 is 6.09 Å². The SMILES string of the molecule is CC(C)(C)C1[C@H](CO)N(Cc2ccc(OC(F)(F)F)c(F)c2)CCN1C(=O)O. The van der Waals surface area contributed by atoms with Crippen molar-refractivity contribution in [3.63, 3.8) is 0 Å². The van der Waals surface area contributed by atoms with E-state index in [4.69, 9.17) is 0 Å². The summed E-state index contributed by atoms with van der Waals surface area (Å²) in [5, 5.41) is 19.4. The molecule has 2 atom stereocenters. The number of alkyl halides is 3. The molecule has 1 fully saturated rings. The molecule has 1 unspecified atom stereocenters. The molecule has 10 heteroatoms. The topological polar surface area (TPSA) is 73.2 Å². The van der Waals surface area contributed by atoms with Gasteiger partial charge in [0.05, 0.1) is 18.7 Å². The molecule has 1 aliphatic heterocycles. The molecule has 0 spiro atoms. The predicted octanol–water partition coefficient (Wildman–Crippen LogP) is 3.30. The third-order valence-electron chi connectivity index (χ3n) is 4.73. The van der Waals surface area contributed by atoms with Gasteiger partial charge in [-0.3, -0.25) is 4.90 Å². The lowest BCUT2D eigenvalue weighted by Crippen LogP contribution is -2.65. The number of nitrogens with zero attached hydrogens (tertiary/aromatic N) is 2. The third kappa shape index (κ3) is 5.26. The van der Waals surface area contributed by atoms with Gasteiger partial charge < -0.3 is 19.8 Å². The number of aliphatic hydroxyl groups excluding tert-OH is 1. The largest absolute Gasteiger partial charge is 0.573 e. The van der Waals surface area contributed by atoms with Crippen molar-refractivity contribution in [2.24, 2.45) is 5.41 Å². The van der Waals surface area contributed by atoms with Crippen molar-refractivity contribution in [2.75, 3.05) is 19.7 Å². The van der Waals surface area contributed by atoms with Crippen LogP contribution in [0.25, 0.3) is 0 Å². The number of amides is 1. The summed E-state index contributed by atoms with van der Waals surface area (Å²) in [6, 6.07) is 2.11. The van der Waals surface area contributed by atoms with Gasteiger partial charge in [-0.1, -0.05) is 26.8 Å². The van der Waals surface area contributed by atoms with E-state index in [0.717, 1.165) is 12.1 Å². The lowest BCUT2D eigenvalue weighted by Gasteiger charge is -2.51. The van der Waals surface area contributed by atoms with E-state index < -0.39 is 41.5 Å². The Hall–Kier alpha value is -2.07. The smallest absolute Gasteiger partial charge is 0.465 e. The second-order valence-electron chi connectivity index (χ2n) is 7.82. The highest BCUT2D eigenvalue weighted by Crippen LogP contribution is 2.33. The van der Waals surface area contributed by atoms with E-state index in [2.05, 4.69) is 4.74 Å². The Morgan fingerprint density at radius 2 is 1.89 bits per heavy atom. The number of carboxylic acid groups (broad SMARTS) is 1. The highest BCUT2D eigenvalue weighted by Gasteiger charge is 2.44. The summed E-state index contributed by atoms with van der Waals surface area (Å²) in [4.78, 5) is 14.7. The molecule has 1 amide bonds. The number of hydrogen-bond acceptors (Lipinski definition) is 4. The summed E-state index contributed by atoms with van der Waals surface area (Å²) in [6.45, 7) is 5.92. The van der Waals surface area contributed by atoms with Crippen LogP contribution in [0.2, 0.25) is 0 Å². The Morgan fingerprint density at radius 3 is 2.36 bits per heavy atom. The maximum atomic E-state index is 14.0. The van der Waals surface area contributed by atoms with Gasteiger partial charge in [0.1, 0.15) is 0 Å². The summed E-state index contributed by atoms with van der Waals surface area (Å²) >= 11 is 0. The highest BCUT2D eigenvalue weighted by atomic mass is 19.4. The predicted molar refractivity (Wildman–Crippen MR) is 92.3 cm³/mol. The number of ether oxygens (including phenoxy) is 1. The van der Waals surface area contributed by atoms with E-state index in [9.17, 15) is 32.6 Å². The molecule has 1 aliphatic rings. The number of piperazine rings is 1. The van der Waals surface area contributed by atoms with Crippen LogP contribution in [-0.4, -0.2) is 64.2 Å². The summed E-state index contributed by atoms with van der Waals surface area (Å²) < 4.78 is 54.4. The molecule has 0 saturated carbocycles. The number of rotatable bonds is 4. The summed E-state index contributed by atoms with van der Waals surface area (Å²) in [5.41, 5.74) is -0.0815. The van der Waals surface area contributed by atoms with Crippen LogP contribution < -0.4 is 4.74 Å². The molecule has 2 rings (SSSR count). The maximum absolute atomic E-state index is 14.0. The minimum atomic E-state index is -4.99. The lowest BCUT2D eigenvalue weighted by molar-refractivity contribution is -0.275. The fourth-order valence-electron chi connectivity index (χ4n) is 3.70. The summed E-state index contributed by atoms with van der Waals surface area (Å²) in [5.74, 6) is -2.06. The second kappa shape index (κ2) is 8.12. The van der Waals surface area contributed by atoms with Crippen LogP contribution in [0.3, 0.4) is 0 Å². The van der Waals surface area contributed by atoms with E-state index >= 15 is 0 Å². The van der Waals surface area contributed by atoms with Crippen LogP contribution in [0.4, 0.5) is 22.4 Å². The van der Waals surface area contributed by atoms with Crippen LogP contribution >= 0.6 is 0 Å². The molecule has 1 saturated heterocycles. The van der Waals surface area contributed by atoms with Crippen LogP contribution in [0, 0.1) is 11.2 Å². The fourth-order valence-corrected chi connectivity index (χ4v) is 3.70.